The summed E-state index contributed by atoms with van der Waals surface area (Å²) in [7, 11) is 0. The van der Waals surface area contributed by atoms with Crippen LogP contribution in [0.15, 0.2) is 60.7 Å². The second-order valence-electron chi connectivity index (χ2n) is 7.74. The molecular formula is C25H27F2N3O2. The molecule has 0 saturated heterocycles. The van der Waals surface area contributed by atoms with Crippen molar-refractivity contribution in [3.05, 3.63) is 94.6 Å². The van der Waals surface area contributed by atoms with Crippen LogP contribution in [-0.4, -0.2) is 25.8 Å². The van der Waals surface area contributed by atoms with E-state index in [0.29, 0.717) is 31.6 Å². The molecule has 1 aromatic heterocycles. The number of halogens is 2. The number of alkyl halides is 2. The Balaban J connectivity index is 1.77. The van der Waals surface area contributed by atoms with Gasteiger partial charge in [-0.15, -0.1) is 5.10 Å². The number of nitrogens with zero attached hydrogens (tertiary/aromatic N) is 3. The van der Waals surface area contributed by atoms with Gasteiger partial charge >= 0.3 is 11.9 Å². The van der Waals surface area contributed by atoms with Crippen LogP contribution < -0.4 is 0 Å². The van der Waals surface area contributed by atoms with E-state index in [4.69, 9.17) is 5.11 Å². The fourth-order valence-electron chi connectivity index (χ4n) is 3.44. The Hall–Kier alpha value is -3.35. The molecular weight excluding hydrogens is 412 g/mol. The largest absolute Gasteiger partial charge is 0.478 e. The zero-order chi connectivity index (χ0) is 23.1. The lowest BCUT2D eigenvalue weighted by atomic mass is 10.0. The minimum Gasteiger partial charge on any atom is -0.478 e. The van der Waals surface area contributed by atoms with E-state index in [2.05, 4.69) is 10.1 Å². The molecule has 2 aromatic carbocycles. The minimum absolute atomic E-state index is 0.259. The van der Waals surface area contributed by atoms with Crippen molar-refractivity contribution in [1.82, 2.24) is 14.8 Å². The van der Waals surface area contributed by atoms with E-state index in [-0.39, 0.29) is 12.0 Å². The Labute approximate surface area is 186 Å². The number of benzene rings is 2. The molecule has 0 aliphatic carbocycles. The summed E-state index contributed by atoms with van der Waals surface area (Å²) in [4.78, 5) is 15.3. The molecule has 3 aromatic rings. The molecule has 0 atom stereocenters. The van der Waals surface area contributed by atoms with Gasteiger partial charge in [-0.2, -0.15) is 8.78 Å². The lowest BCUT2D eigenvalue weighted by molar-refractivity contribution is -0.0232. The molecule has 0 aliphatic heterocycles. The topological polar surface area (TPSA) is 68.0 Å². The van der Waals surface area contributed by atoms with Crippen LogP contribution in [0.25, 0.3) is 0 Å². The molecule has 7 heteroatoms. The zero-order valence-corrected chi connectivity index (χ0v) is 18.3. The Morgan fingerprint density at radius 2 is 1.84 bits per heavy atom. The van der Waals surface area contributed by atoms with E-state index >= 15 is 0 Å². The highest BCUT2D eigenvalue weighted by atomic mass is 19.3. The number of aromatic nitrogens is 3. The van der Waals surface area contributed by atoms with Crippen LogP contribution in [-0.2, 0) is 25.3 Å². The number of hydrogen-bond acceptors (Lipinski definition) is 3. The van der Waals surface area contributed by atoms with Gasteiger partial charge in [-0.25, -0.2) is 14.5 Å². The summed E-state index contributed by atoms with van der Waals surface area (Å²) in [5.74, 6) is -3.91. The van der Waals surface area contributed by atoms with Crippen molar-refractivity contribution in [2.45, 2.75) is 52.0 Å². The SMILES string of the molecule is C/C=C/Cc1nc(C(F)(F)CCC)nn1Cc1ccc(Cc2cccc(C(=O)O)c2)cc1. The van der Waals surface area contributed by atoms with Crippen LogP contribution in [0.2, 0.25) is 0 Å². The van der Waals surface area contributed by atoms with E-state index in [9.17, 15) is 13.6 Å². The minimum atomic E-state index is -3.04. The fourth-order valence-corrected chi connectivity index (χ4v) is 3.44. The quantitative estimate of drug-likeness (QED) is 0.416. The van der Waals surface area contributed by atoms with Gasteiger partial charge in [0.1, 0.15) is 5.82 Å². The molecule has 3 rings (SSSR count). The van der Waals surface area contributed by atoms with E-state index in [1.54, 1.807) is 29.8 Å². The van der Waals surface area contributed by atoms with Crippen molar-refractivity contribution in [1.29, 1.82) is 0 Å². The Bertz CT molecular complexity index is 1090. The zero-order valence-electron chi connectivity index (χ0n) is 18.3. The summed E-state index contributed by atoms with van der Waals surface area (Å²) >= 11 is 0. The van der Waals surface area contributed by atoms with Gasteiger partial charge < -0.3 is 5.11 Å². The summed E-state index contributed by atoms with van der Waals surface area (Å²) in [6, 6.07) is 14.6. The Kier molecular flexibility index (Phi) is 7.51. The molecule has 0 aliphatic rings. The fraction of sp³-hybridized carbons (Fsp3) is 0.320. The molecule has 0 amide bonds. The van der Waals surface area contributed by atoms with Gasteiger partial charge in [0, 0.05) is 12.8 Å². The highest BCUT2D eigenvalue weighted by molar-refractivity contribution is 5.87. The molecule has 0 saturated carbocycles. The molecule has 1 heterocycles. The molecule has 5 nitrogen and oxygen atoms in total. The number of hydrogen-bond donors (Lipinski definition) is 1. The van der Waals surface area contributed by atoms with Crippen molar-refractivity contribution in [2.75, 3.05) is 0 Å². The third-order valence-electron chi connectivity index (χ3n) is 5.11. The number of rotatable bonds is 10. The molecule has 0 fully saturated rings. The van der Waals surface area contributed by atoms with Crippen LogP contribution in [0.5, 0.6) is 0 Å². The highest BCUT2D eigenvalue weighted by Crippen LogP contribution is 2.30. The predicted molar refractivity (Wildman–Crippen MR) is 119 cm³/mol. The van der Waals surface area contributed by atoms with Gasteiger partial charge in [0.05, 0.1) is 12.1 Å². The van der Waals surface area contributed by atoms with Crippen LogP contribution in [0.4, 0.5) is 8.78 Å². The highest BCUT2D eigenvalue weighted by Gasteiger charge is 2.36. The molecule has 0 radical (unpaired) electrons. The van der Waals surface area contributed by atoms with Crippen LogP contribution in [0.1, 0.15) is 65.4 Å². The van der Waals surface area contributed by atoms with Gasteiger partial charge in [0.25, 0.3) is 0 Å². The molecule has 1 N–H and O–H groups in total. The Morgan fingerprint density at radius 1 is 1.12 bits per heavy atom. The Morgan fingerprint density at radius 3 is 2.50 bits per heavy atom. The molecule has 0 unspecified atom stereocenters. The van der Waals surface area contributed by atoms with Crippen molar-refractivity contribution in [3.63, 3.8) is 0 Å². The standard InChI is InChI=1S/C25H27F2N3O2/c1-3-5-9-22-28-24(25(26,27)14-4-2)29-30(22)17-19-12-10-18(11-13-19)15-20-7-6-8-21(16-20)23(31)32/h3,5-8,10-13,16H,4,9,14-15,17H2,1-2H3,(H,31,32)/b5-3+. The number of allylic oxidation sites excluding steroid dienone is 2. The van der Waals surface area contributed by atoms with Crippen LogP contribution in [0, 0.1) is 0 Å². The van der Waals surface area contributed by atoms with Crippen molar-refractivity contribution < 1.29 is 18.7 Å². The summed E-state index contributed by atoms with van der Waals surface area (Å²) in [6.07, 6.45) is 4.84. The second-order valence-corrected chi connectivity index (χ2v) is 7.74. The van der Waals surface area contributed by atoms with Crippen LogP contribution in [0.3, 0.4) is 0 Å². The number of carboxylic acids is 1. The van der Waals surface area contributed by atoms with E-state index in [1.165, 1.54) is 0 Å². The van der Waals surface area contributed by atoms with Crippen molar-refractivity contribution >= 4 is 5.97 Å². The van der Waals surface area contributed by atoms with E-state index < -0.39 is 17.7 Å². The summed E-state index contributed by atoms with van der Waals surface area (Å²) in [6.45, 7) is 3.93. The first-order chi connectivity index (χ1) is 15.3. The van der Waals surface area contributed by atoms with Crippen LogP contribution >= 0.6 is 0 Å². The molecule has 0 bridgehead atoms. The first-order valence-corrected chi connectivity index (χ1v) is 10.7. The molecule has 32 heavy (non-hydrogen) atoms. The maximum Gasteiger partial charge on any atom is 0.335 e. The average molecular weight is 440 g/mol. The third kappa shape index (κ3) is 5.87. The third-order valence-corrected chi connectivity index (χ3v) is 5.11. The lowest BCUT2D eigenvalue weighted by Crippen LogP contribution is -2.15. The predicted octanol–water partition coefficient (Wildman–Crippen LogP) is 5.63. The summed E-state index contributed by atoms with van der Waals surface area (Å²) in [5.41, 5.74) is 3.12. The van der Waals surface area contributed by atoms with Gasteiger partial charge in [0.15, 0.2) is 0 Å². The first kappa shape index (κ1) is 23.3. The summed E-state index contributed by atoms with van der Waals surface area (Å²) < 4.78 is 30.3. The second kappa shape index (κ2) is 10.3. The van der Waals surface area contributed by atoms with Gasteiger partial charge in [0.2, 0.25) is 5.82 Å². The monoisotopic (exact) mass is 439 g/mol. The summed E-state index contributed by atoms with van der Waals surface area (Å²) in [5, 5.41) is 13.3. The van der Waals surface area contributed by atoms with E-state index in [0.717, 1.165) is 16.7 Å². The first-order valence-electron chi connectivity index (χ1n) is 10.7. The normalized spacial score (nSPS) is 11.9. The van der Waals surface area contributed by atoms with Gasteiger partial charge in [-0.05, 0) is 48.6 Å². The number of carbonyl (C=O) groups is 1. The van der Waals surface area contributed by atoms with Crippen molar-refractivity contribution in [2.24, 2.45) is 0 Å². The maximum atomic E-state index is 14.4. The van der Waals surface area contributed by atoms with E-state index in [1.807, 2.05) is 49.4 Å². The smallest absolute Gasteiger partial charge is 0.335 e. The van der Waals surface area contributed by atoms with Gasteiger partial charge in [-0.1, -0.05) is 55.5 Å². The van der Waals surface area contributed by atoms with Crippen molar-refractivity contribution in [3.8, 4) is 0 Å². The average Bonchev–Trinajstić information content (AvgIpc) is 3.17. The van der Waals surface area contributed by atoms with Gasteiger partial charge in [-0.3, -0.25) is 0 Å². The lowest BCUT2D eigenvalue weighted by Gasteiger charge is -2.10. The number of aromatic carboxylic acids is 1. The molecule has 0 spiro atoms. The maximum absolute atomic E-state index is 14.4. The number of carboxylic acid groups (broad SMARTS) is 1. The molecule has 168 valence electrons.